The number of hydrogen-bond acceptors (Lipinski definition) is 3. The molecule has 0 fully saturated rings. The maximum absolute atomic E-state index is 12.6. The zero-order valence-corrected chi connectivity index (χ0v) is 18.2. The number of methoxy groups -OCH3 is 1. The molecule has 1 aliphatic rings. The number of alkyl halides is 2. The number of rotatable bonds is 6. The Morgan fingerprint density at radius 3 is 2.71 bits per heavy atom. The van der Waals surface area contributed by atoms with Crippen molar-refractivity contribution in [2.24, 2.45) is 4.99 Å². The predicted molar refractivity (Wildman–Crippen MR) is 118 cm³/mol. The minimum atomic E-state index is -2.89. The Kier molecular flexibility index (Phi) is 8.28. The van der Waals surface area contributed by atoms with Crippen molar-refractivity contribution < 1.29 is 18.3 Å². The van der Waals surface area contributed by atoms with Gasteiger partial charge in [0.1, 0.15) is 0 Å². The van der Waals surface area contributed by atoms with Crippen LogP contribution in [0.3, 0.4) is 0 Å². The van der Waals surface area contributed by atoms with Crippen LogP contribution in [-0.4, -0.2) is 39.8 Å². The molecular formula is C20H24F2IN3O2. The molecule has 152 valence electrons. The average Bonchev–Trinajstić information content (AvgIpc) is 3.09. The fourth-order valence-corrected chi connectivity index (χ4v) is 3.24. The topological polar surface area (TPSA) is 46.1 Å². The standard InChI is InChI=1S/C20H23F2N3O2.HI/c1-23-20(25-12-10-15-5-3-4-6-16(15)25)24-11-9-14-7-8-17(26-2)18(13-14)27-19(21)22;/h3-8,13,19H,9-12H2,1-2H3,(H,23,24);1H. The first-order valence-electron chi connectivity index (χ1n) is 8.80. The number of ether oxygens (including phenoxy) is 2. The molecule has 0 aliphatic carbocycles. The highest BCUT2D eigenvalue weighted by Gasteiger charge is 2.22. The van der Waals surface area contributed by atoms with Gasteiger partial charge in [-0.3, -0.25) is 4.99 Å². The number of nitrogens with zero attached hydrogens (tertiary/aromatic N) is 2. The van der Waals surface area contributed by atoms with Crippen LogP contribution in [0, 0.1) is 0 Å². The van der Waals surface area contributed by atoms with Crippen LogP contribution in [0.1, 0.15) is 11.1 Å². The third-order valence-corrected chi connectivity index (χ3v) is 4.50. The third-order valence-electron chi connectivity index (χ3n) is 4.50. The number of para-hydroxylation sites is 1. The summed E-state index contributed by atoms with van der Waals surface area (Å²) in [5, 5.41) is 3.35. The van der Waals surface area contributed by atoms with Gasteiger partial charge in [0.25, 0.3) is 0 Å². The Hall–Kier alpha value is -2.10. The molecular weight excluding hydrogens is 479 g/mol. The summed E-state index contributed by atoms with van der Waals surface area (Å²) in [5.41, 5.74) is 3.35. The Morgan fingerprint density at radius 1 is 1.21 bits per heavy atom. The Labute approximate surface area is 180 Å². The fraction of sp³-hybridized carbons (Fsp3) is 0.350. The molecule has 0 atom stereocenters. The highest BCUT2D eigenvalue weighted by atomic mass is 127. The molecule has 28 heavy (non-hydrogen) atoms. The molecule has 0 spiro atoms. The second kappa shape index (κ2) is 10.4. The number of aliphatic imine (C=N–C) groups is 1. The second-order valence-corrected chi connectivity index (χ2v) is 6.12. The van der Waals surface area contributed by atoms with Gasteiger partial charge in [0.05, 0.1) is 7.11 Å². The van der Waals surface area contributed by atoms with Crippen LogP contribution >= 0.6 is 24.0 Å². The van der Waals surface area contributed by atoms with Gasteiger partial charge >= 0.3 is 6.61 Å². The highest BCUT2D eigenvalue weighted by molar-refractivity contribution is 14.0. The maximum Gasteiger partial charge on any atom is 0.387 e. The summed E-state index contributed by atoms with van der Waals surface area (Å²) < 4.78 is 34.7. The van der Waals surface area contributed by atoms with Gasteiger partial charge in [0, 0.05) is 25.8 Å². The first-order chi connectivity index (χ1) is 13.1. The molecule has 1 aliphatic heterocycles. The van der Waals surface area contributed by atoms with E-state index in [2.05, 4.69) is 32.1 Å². The monoisotopic (exact) mass is 503 g/mol. The quantitative estimate of drug-likeness (QED) is 0.367. The maximum atomic E-state index is 12.6. The zero-order chi connectivity index (χ0) is 19.2. The van der Waals surface area contributed by atoms with Crippen LogP contribution in [0.25, 0.3) is 0 Å². The summed E-state index contributed by atoms with van der Waals surface area (Å²) >= 11 is 0. The molecule has 1 N–H and O–H groups in total. The summed E-state index contributed by atoms with van der Waals surface area (Å²) in [5.74, 6) is 1.14. The minimum absolute atomic E-state index is 0. The first-order valence-corrected chi connectivity index (χ1v) is 8.80. The molecule has 0 bridgehead atoms. The van der Waals surface area contributed by atoms with Gasteiger partial charge in [-0.25, -0.2) is 0 Å². The Bertz CT molecular complexity index is 818. The number of halogens is 3. The van der Waals surface area contributed by atoms with Gasteiger partial charge in [0.15, 0.2) is 17.5 Å². The average molecular weight is 503 g/mol. The number of hydrogen-bond donors (Lipinski definition) is 1. The lowest BCUT2D eigenvalue weighted by molar-refractivity contribution is -0.0512. The van der Waals surface area contributed by atoms with Gasteiger partial charge in [-0.15, -0.1) is 24.0 Å². The Morgan fingerprint density at radius 2 is 2.00 bits per heavy atom. The van der Waals surface area contributed by atoms with Crippen molar-refractivity contribution in [2.75, 3.05) is 32.1 Å². The molecule has 0 saturated carbocycles. The highest BCUT2D eigenvalue weighted by Crippen LogP contribution is 2.30. The summed E-state index contributed by atoms with van der Waals surface area (Å²) in [6.45, 7) is -1.39. The molecule has 0 aromatic heterocycles. The van der Waals surface area contributed by atoms with E-state index in [-0.39, 0.29) is 35.5 Å². The van der Waals surface area contributed by atoms with E-state index in [0.717, 1.165) is 24.5 Å². The van der Waals surface area contributed by atoms with Crippen molar-refractivity contribution in [3.05, 3.63) is 53.6 Å². The van der Waals surface area contributed by atoms with E-state index >= 15 is 0 Å². The summed E-state index contributed by atoms with van der Waals surface area (Å²) in [6, 6.07) is 13.3. The van der Waals surface area contributed by atoms with Crippen LogP contribution in [0.2, 0.25) is 0 Å². The SMILES string of the molecule is CN=C(NCCc1ccc(OC)c(OC(F)F)c1)N1CCc2ccccc21.I. The summed E-state index contributed by atoms with van der Waals surface area (Å²) in [7, 11) is 3.18. The normalized spacial score (nSPS) is 13.2. The third kappa shape index (κ3) is 5.24. The first kappa shape index (κ1) is 22.2. The van der Waals surface area contributed by atoms with E-state index in [0.29, 0.717) is 13.0 Å². The van der Waals surface area contributed by atoms with Crippen molar-refractivity contribution in [3.8, 4) is 11.5 Å². The summed E-state index contributed by atoms with van der Waals surface area (Å²) in [4.78, 5) is 6.53. The molecule has 8 heteroatoms. The van der Waals surface area contributed by atoms with Gasteiger partial charge in [-0.05, 0) is 42.2 Å². The second-order valence-electron chi connectivity index (χ2n) is 6.12. The molecule has 2 aromatic carbocycles. The van der Waals surface area contributed by atoms with Crippen molar-refractivity contribution in [2.45, 2.75) is 19.5 Å². The van der Waals surface area contributed by atoms with E-state index in [4.69, 9.17) is 4.74 Å². The number of fused-ring (bicyclic) bond motifs is 1. The smallest absolute Gasteiger partial charge is 0.387 e. The van der Waals surface area contributed by atoms with Crippen molar-refractivity contribution in [3.63, 3.8) is 0 Å². The van der Waals surface area contributed by atoms with Crippen LogP contribution in [0.5, 0.6) is 11.5 Å². The molecule has 0 saturated heterocycles. The van der Waals surface area contributed by atoms with E-state index in [9.17, 15) is 8.78 Å². The lowest BCUT2D eigenvalue weighted by Crippen LogP contribution is -2.41. The predicted octanol–water partition coefficient (Wildman–Crippen LogP) is 4.10. The number of guanidine groups is 1. The molecule has 5 nitrogen and oxygen atoms in total. The number of anilines is 1. The lowest BCUT2D eigenvalue weighted by Gasteiger charge is -2.22. The van der Waals surface area contributed by atoms with Gasteiger partial charge in [-0.2, -0.15) is 8.78 Å². The van der Waals surface area contributed by atoms with E-state index in [1.165, 1.54) is 18.4 Å². The minimum Gasteiger partial charge on any atom is -0.493 e. The number of nitrogens with one attached hydrogen (secondary N) is 1. The van der Waals surface area contributed by atoms with Crippen molar-refractivity contribution in [1.29, 1.82) is 0 Å². The molecule has 0 amide bonds. The van der Waals surface area contributed by atoms with Crippen LogP contribution < -0.4 is 19.7 Å². The van der Waals surface area contributed by atoms with Crippen molar-refractivity contribution in [1.82, 2.24) is 5.32 Å². The molecule has 1 heterocycles. The molecule has 2 aromatic rings. The number of benzene rings is 2. The molecule has 3 rings (SSSR count). The largest absolute Gasteiger partial charge is 0.493 e. The van der Waals surface area contributed by atoms with E-state index < -0.39 is 6.61 Å². The molecule has 0 unspecified atom stereocenters. The fourth-order valence-electron chi connectivity index (χ4n) is 3.24. The van der Waals surface area contributed by atoms with Gasteiger partial charge in [0.2, 0.25) is 0 Å². The van der Waals surface area contributed by atoms with Crippen LogP contribution in [-0.2, 0) is 12.8 Å². The van der Waals surface area contributed by atoms with E-state index in [1.54, 1.807) is 19.2 Å². The van der Waals surface area contributed by atoms with Gasteiger partial charge in [-0.1, -0.05) is 24.3 Å². The zero-order valence-electron chi connectivity index (χ0n) is 15.8. The summed E-state index contributed by atoms with van der Waals surface area (Å²) in [6.07, 6.45) is 1.63. The van der Waals surface area contributed by atoms with Gasteiger partial charge < -0.3 is 19.7 Å². The van der Waals surface area contributed by atoms with Crippen LogP contribution in [0.15, 0.2) is 47.5 Å². The van der Waals surface area contributed by atoms with E-state index in [1.807, 2.05) is 18.2 Å². The molecule has 0 radical (unpaired) electrons. The lowest BCUT2D eigenvalue weighted by atomic mass is 10.1. The van der Waals surface area contributed by atoms with Crippen molar-refractivity contribution >= 4 is 35.6 Å². The van der Waals surface area contributed by atoms with Crippen LogP contribution in [0.4, 0.5) is 14.5 Å². The Balaban J connectivity index is 0.00000280.